The van der Waals surface area contributed by atoms with Gasteiger partial charge in [0, 0.05) is 46.3 Å². The normalized spacial score (nSPS) is 20.7. The quantitative estimate of drug-likeness (QED) is 0.852. The Bertz CT molecular complexity index is 744. The van der Waals surface area contributed by atoms with Crippen molar-refractivity contribution >= 4 is 5.91 Å². The van der Waals surface area contributed by atoms with Gasteiger partial charge in [-0.2, -0.15) is 0 Å². The smallest absolute Gasteiger partial charge is 0.309 e. The monoisotopic (exact) mass is 341 g/mol. The molecular weight excluding hydrogens is 318 g/mol. The van der Waals surface area contributed by atoms with Crippen LogP contribution < -0.4 is 0 Å². The molecule has 1 aromatic carbocycles. The molecule has 0 spiro atoms. The Balaban J connectivity index is 1.43. The molecule has 2 aliphatic rings. The molecule has 132 valence electrons. The fraction of sp³-hybridized carbons (Fsp3) is 0.474. The first-order chi connectivity index (χ1) is 12.2. The van der Waals surface area contributed by atoms with Crippen molar-refractivity contribution in [2.45, 2.75) is 32.0 Å². The average Bonchev–Trinajstić information content (AvgIpc) is 3.28. The van der Waals surface area contributed by atoms with Crippen molar-refractivity contribution in [2.24, 2.45) is 0 Å². The zero-order valence-corrected chi connectivity index (χ0v) is 14.5. The molecule has 3 heterocycles. The fourth-order valence-corrected chi connectivity index (χ4v) is 3.56. The molecule has 0 radical (unpaired) electrons. The number of benzene rings is 1. The van der Waals surface area contributed by atoms with Crippen LogP contribution in [0.1, 0.15) is 34.1 Å². The number of likely N-dealkylation sites (tertiary alicyclic amines) is 1. The molecule has 1 fully saturated rings. The summed E-state index contributed by atoms with van der Waals surface area (Å²) < 4.78 is 11.1. The predicted octanol–water partition coefficient (Wildman–Crippen LogP) is 2.09. The van der Waals surface area contributed by atoms with Gasteiger partial charge in [0.1, 0.15) is 5.76 Å². The standard InChI is InChI=1S/C19H23N3O3/c1-24-15-7-10-22(12-15)19(23)18-20-16-13-21(9-8-17(16)25-18)11-14-5-3-2-4-6-14/h2-6,15H,7-13H2,1H3/t15-/m1/s1. The van der Waals surface area contributed by atoms with Gasteiger partial charge >= 0.3 is 5.91 Å². The van der Waals surface area contributed by atoms with Gasteiger partial charge in [0.2, 0.25) is 0 Å². The summed E-state index contributed by atoms with van der Waals surface area (Å²) in [7, 11) is 1.68. The van der Waals surface area contributed by atoms with E-state index in [-0.39, 0.29) is 17.9 Å². The summed E-state index contributed by atoms with van der Waals surface area (Å²) >= 11 is 0. The van der Waals surface area contributed by atoms with Gasteiger partial charge in [-0.05, 0) is 12.0 Å². The third-order valence-corrected chi connectivity index (χ3v) is 5.00. The SMILES string of the molecule is CO[C@@H]1CCN(C(=O)c2nc3c(o2)CCN(Cc2ccccc2)C3)C1. The molecule has 6 nitrogen and oxygen atoms in total. The summed E-state index contributed by atoms with van der Waals surface area (Å²) in [6, 6.07) is 10.4. The number of aromatic nitrogens is 1. The van der Waals surface area contributed by atoms with Crippen LogP contribution in [0.25, 0.3) is 0 Å². The van der Waals surface area contributed by atoms with Crippen LogP contribution in [-0.4, -0.2) is 53.5 Å². The molecule has 4 rings (SSSR count). The molecule has 0 aliphatic carbocycles. The van der Waals surface area contributed by atoms with Crippen molar-refractivity contribution in [2.75, 3.05) is 26.7 Å². The van der Waals surface area contributed by atoms with E-state index in [2.05, 4.69) is 34.1 Å². The highest BCUT2D eigenvalue weighted by Gasteiger charge is 2.31. The van der Waals surface area contributed by atoms with Gasteiger partial charge in [-0.15, -0.1) is 0 Å². The third kappa shape index (κ3) is 3.45. The Labute approximate surface area is 147 Å². The second kappa shape index (κ2) is 6.98. The molecule has 0 unspecified atom stereocenters. The first-order valence-electron chi connectivity index (χ1n) is 8.80. The Morgan fingerprint density at radius 3 is 2.92 bits per heavy atom. The number of hydrogen-bond acceptors (Lipinski definition) is 5. The second-order valence-electron chi connectivity index (χ2n) is 6.73. The number of amides is 1. The Morgan fingerprint density at radius 2 is 2.16 bits per heavy atom. The number of hydrogen-bond donors (Lipinski definition) is 0. The lowest BCUT2D eigenvalue weighted by molar-refractivity contribution is 0.0687. The van der Waals surface area contributed by atoms with E-state index in [0.717, 1.165) is 43.9 Å². The largest absolute Gasteiger partial charge is 0.437 e. The predicted molar refractivity (Wildman–Crippen MR) is 92.1 cm³/mol. The second-order valence-corrected chi connectivity index (χ2v) is 6.73. The minimum Gasteiger partial charge on any atom is -0.437 e. The van der Waals surface area contributed by atoms with Gasteiger partial charge in [-0.1, -0.05) is 30.3 Å². The van der Waals surface area contributed by atoms with E-state index in [1.54, 1.807) is 12.0 Å². The number of rotatable bonds is 4. The highest BCUT2D eigenvalue weighted by atomic mass is 16.5. The Kier molecular flexibility index (Phi) is 4.55. The minimum atomic E-state index is -0.122. The Hall–Kier alpha value is -2.18. The topological polar surface area (TPSA) is 58.8 Å². The zero-order valence-electron chi connectivity index (χ0n) is 14.5. The van der Waals surface area contributed by atoms with Crippen LogP contribution in [0.2, 0.25) is 0 Å². The summed E-state index contributed by atoms with van der Waals surface area (Å²) in [5, 5.41) is 0. The van der Waals surface area contributed by atoms with Gasteiger partial charge in [-0.3, -0.25) is 9.69 Å². The van der Waals surface area contributed by atoms with Crippen LogP contribution in [0, 0.1) is 0 Å². The van der Waals surface area contributed by atoms with E-state index in [1.807, 2.05) is 6.07 Å². The van der Waals surface area contributed by atoms with Gasteiger partial charge in [0.05, 0.1) is 11.8 Å². The van der Waals surface area contributed by atoms with Crippen molar-refractivity contribution in [3.63, 3.8) is 0 Å². The lowest BCUT2D eigenvalue weighted by atomic mass is 10.1. The zero-order chi connectivity index (χ0) is 17.2. The van der Waals surface area contributed by atoms with Crippen LogP contribution in [-0.2, 0) is 24.2 Å². The highest BCUT2D eigenvalue weighted by Crippen LogP contribution is 2.23. The lowest BCUT2D eigenvalue weighted by Gasteiger charge is -2.24. The number of methoxy groups -OCH3 is 1. The molecule has 1 amide bonds. The summed E-state index contributed by atoms with van der Waals surface area (Å²) in [4.78, 5) is 21.2. The highest BCUT2D eigenvalue weighted by molar-refractivity contribution is 5.90. The van der Waals surface area contributed by atoms with Crippen molar-refractivity contribution in [1.29, 1.82) is 0 Å². The molecule has 1 atom stereocenters. The molecule has 2 aliphatic heterocycles. The van der Waals surface area contributed by atoms with Crippen LogP contribution in [0.15, 0.2) is 34.7 Å². The average molecular weight is 341 g/mol. The van der Waals surface area contributed by atoms with E-state index >= 15 is 0 Å². The number of nitrogens with zero attached hydrogens (tertiary/aromatic N) is 3. The van der Waals surface area contributed by atoms with Gasteiger partial charge in [0.25, 0.3) is 5.89 Å². The van der Waals surface area contributed by atoms with Crippen LogP contribution in [0.5, 0.6) is 0 Å². The summed E-state index contributed by atoms with van der Waals surface area (Å²) in [5.74, 6) is 0.960. The van der Waals surface area contributed by atoms with E-state index in [0.29, 0.717) is 13.1 Å². The molecule has 1 saturated heterocycles. The summed E-state index contributed by atoms with van der Waals surface area (Å²) in [6.07, 6.45) is 1.78. The number of carbonyl (C=O) groups excluding carboxylic acids is 1. The van der Waals surface area contributed by atoms with Crippen LogP contribution >= 0.6 is 0 Å². The number of oxazole rings is 1. The van der Waals surface area contributed by atoms with Crippen molar-refractivity contribution in [3.05, 3.63) is 53.2 Å². The third-order valence-electron chi connectivity index (χ3n) is 5.00. The van der Waals surface area contributed by atoms with Gasteiger partial charge < -0.3 is 14.1 Å². The molecule has 25 heavy (non-hydrogen) atoms. The molecule has 6 heteroatoms. The van der Waals surface area contributed by atoms with Gasteiger partial charge in [0.15, 0.2) is 0 Å². The first-order valence-corrected chi connectivity index (χ1v) is 8.80. The maximum atomic E-state index is 12.6. The van der Waals surface area contributed by atoms with Crippen LogP contribution in [0.4, 0.5) is 0 Å². The molecule has 1 aromatic heterocycles. The molecule has 2 aromatic rings. The maximum absolute atomic E-state index is 12.6. The molecule has 0 saturated carbocycles. The number of fused-ring (bicyclic) bond motifs is 1. The first kappa shape index (κ1) is 16.3. The van der Waals surface area contributed by atoms with E-state index in [4.69, 9.17) is 9.15 Å². The van der Waals surface area contributed by atoms with Crippen LogP contribution in [0.3, 0.4) is 0 Å². The number of ether oxygens (including phenoxy) is 1. The summed E-state index contributed by atoms with van der Waals surface area (Å²) in [6.45, 7) is 3.84. The van der Waals surface area contributed by atoms with E-state index < -0.39 is 0 Å². The number of carbonyl (C=O) groups is 1. The van der Waals surface area contributed by atoms with E-state index in [1.165, 1.54) is 5.56 Å². The minimum absolute atomic E-state index is 0.120. The van der Waals surface area contributed by atoms with Crippen molar-refractivity contribution < 1.29 is 13.9 Å². The van der Waals surface area contributed by atoms with Gasteiger partial charge in [-0.25, -0.2) is 4.98 Å². The lowest BCUT2D eigenvalue weighted by Crippen LogP contribution is -2.30. The fourth-order valence-electron chi connectivity index (χ4n) is 3.56. The molecule has 0 N–H and O–H groups in total. The van der Waals surface area contributed by atoms with E-state index in [9.17, 15) is 4.79 Å². The maximum Gasteiger partial charge on any atom is 0.309 e. The Morgan fingerprint density at radius 1 is 1.32 bits per heavy atom. The van der Waals surface area contributed by atoms with Crippen molar-refractivity contribution in [1.82, 2.24) is 14.8 Å². The van der Waals surface area contributed by atoms with Crippen molar-refractivity contribution in [3.8, 4) is 0 Å². The summed E-state index contributed by atoms with van der Waals surface area (Å²) in [5.41, 5.74) is 2.18. The molecule has 0 bridgehead atoms. The molecular formula is C19H23N3O3.